The molecule has 2 rings (SSSR count). The van der Waals surface area contributed by atoms with Gasteiger partial charge in [0.2, 0.25) is 0 Å². The quantitative estimate of drug-likeness (QED) is 0.842. The molecule has 1 fully saturated rings. The van der Waals surface area contributed by atoms with Crippen molar-refractivity contribution in [1.29, 1.82) is 5.26 Å². The van der Waals surface area contributed by atoms with Crippen LogP contribution >= 0.6 is 0 Å². The lowest BCUT2D eigenvalue weighted by molar-refractivity contribution is 0.0679. The van der Waals surface area contributed by atoms with E-state index in [4.69, 9.17) is 15.1 Å². The summed E-state index contributed by atoms with van der Waals surface area (Å²) in [5.41, 5.74) is 0.533. The van der Waals surface area contributed by atoms with Gasteiger partial charge in [0.25, 0.3) is 0 Å². The minimum absolute atomic E-state index is 0.104. The molecule has 0 heterocycles. The van der Waals surface area contributed by atoms with Gasteiger partial charge < -0.3 is 9.84 Å². The van der Waals surface area contributed by atoms with E-state index in [1.807, 2.05) is 6.07 Å². The zero-order valence-corrected chi connectivity index (χ0v) is 8.64. The molecule has 16 heavy (non-hydrogen) atoms. The third-order valence-corrected chi connectivity index (χ3v) is 2.69. The summed E-state index contributed by atoms with van der Waals surface area (Å²) in [6, 6.07) is 6.35. The van der Waals surface area contributed by atoms with Crippen LogP contribution in [0.25, 0.3) is 0 Å². The van der Waals surface area contributed by atoms with Crippen molar-refractivity contribution in [2.24, 2.45) is 0 Å². The number of hydrogen-bond donors (Lipinski definition) is 1. The van der Waals surface area contributed by atoms with Crippen LogP contribution < -0.4 is 4.74 Å². The summed E-state index contributed by atoms with van der Waals surface area (Å²) in [6.45, 7) is 0. The lowest BCUT2D eigenvalue weighted by Gasteiger charge is -2.27. The first-order chi connectivity index (χ1) is 7.70. The summed E-state index contributed by atoms with van der Waals surface area (Å²) in [5, 5.41) is 17.7. The normalized spacial score (nSPS) is 14.9. The Morgan fingerprint density at radius 2 is 2.25 bits per heavy atom. The average Bonchev–Trinajstić information content (AvgIpc) is 2.22. The first kappa shape index (κ1) is 10.5. The second-order valence-corrected chi connectivity index (χ2v) is 3.80. The van der Waals surface area contributed by atoms with Crippen molar-refractivity contribution in [3.05, 3.63) is 29.3 Å². The van der Waals surface area contributed by atoms with E-state index < -0.39 is 5.97 Å². The maximum absolute atomic E-state index is 10.9. The average molecular weight is 217 g/mol. The van der Waals surface area contributed by atoms with Gasteiger partial charge in [-0.05, 0) is 37.5 Å². The molecular weight excluding hydrogens is 206 g/mol. The van der Waals surface area contributed by atoms with E-state index in [1.165, 1.54) is 18.2 Å². The first-order valence-corrected chi connectivity index (χ1v) is 5.15. The smallest absolute Gasteiger partial charge is 0.339 e. The van der Waals surface area contributed by atoms with Gasteiger partial charge in [-0.25, -0.2) is 4.79 Å². The topological polar surface area (TPSA) is 70.3 Å². The number of carboxylic acids is 1. The van der Waals surface area contributed by atoms with Crippen LogP contribution in [-0.2, 0) is 0 Å². The van der Waals surface area contributed by atoms with Crippen molar-refractivity contribution in [2.45, 2.75) is 25.4 Å². The van der Waals surface area contributed by atoms with Crippen molar-refractivity contribution in [3.8, 4) is 11.8 Å². The number of aromatic carboxylic acids is 1. The highest BCUT2D eigenvalue weighted by molar-refractivity contribution is 5.91. The molecule has 0 bridgehead atoms. The number of nitrogens with zero attached hydrogens (tertiary/aromatic N) is 1. The van der Waals surface area contributed by atoms with Crippen molar-refractivity contribution in [2.75, 3.05) is 0 Å². The summed E-state index contributed by atoms with van der Waals surface area (Å²) in [4.78, 5) is 10.9. The first-order valence-electron chi connectivity index (χ1n) is 5.15. The molecule has 0 amide bonds. The molecule has 1 aromatic rings. The van der Waals surface area contributed by atoms with E-state index in [0.29, 0.717) is 11.3 Å². The zero-order chi connectivity index (χ0) is 11.5. The minimum Gasteiger partial charge on any atom is -0.489 e. The van der Waals surface area contributed by atoms with Gasteiger partial charge >= 0.3 is 5.97 Å². The molecule has 1 aliphatic carbocycles. The van der Waals surface area contributed by atoms with E-state index in [2.05, 4.69) is 0 Å². The van der Waals surface area contributed by atoms with E-state index in [9.17, 15) is 4.79 Å². The fourth-order valence-corrected chi connectivity index (χ4v) is 1.53. The Labute approximate surface area is 93.1 Å². The Morgan fingerprint density at radius 3 is 2.75 bits per heavy atom. The second-order valence-electron chi connectivity index (χ2n) is 3.80. The van der Waals surface area contributed by atoms with Gasteiger partial charge in [-0.1, -0.05) is 0 Å². The molecule has 0 atom stereocenters. The summed E-state index contributed by atoms with van der Waals surface area (Å²) >= 11 is 0. The number of hydrogen-bond acceptors (Lipinski definition) is 3. The fourth-order valence-electron chi connectivity index (χ4n) is 1.53. The molecule has 1 aliphatic rings. The summed E-state index contributed by atoms with van der Waals surface area (Å²) in [5.74, 6) is -0.727. The van der Waals surface area contributed by atoms with E-state index in [-0.39, 0.29) is 11.7 Å². The molecule has 0 aromatic heterocycles. The van der Waals surface area contributed by atoms with Crippen molar-refractivity contribution >= 4 is 5.97 Å². The second kappa shape index (κ2) is 4.23. The van der Waals surface area contributed by atoms with Gasteiger partial charge in [0.15, 0.2) is 0 Å². The molecule has 0 unspecified atom stereocenters. The number of benzene rings is 1. The van der Waals surface area contributed by atoms with Gasteiger partial charge in [0, 0.05) is 0 Å². The fraction of sp³-hybridized carbons (Fsp3) is 0.333. The Kier molecular flexibility index (Phi) is 2.78. The maximum atomic E-state index is 10.9. The molecular formula is C12H11NO3. The highest BCUT2D eigenvalue weighted by Gasteiger charge is 2.22. The van der Waals surface area contributed by atoms with Gasteiger partial charge in [-0.3, -0.25) is 0 Å². The zero-order valence-electron chi connectivity index (χ0n) is 8.64. The molecule has 4 heteroatoms. The van der Waals surface area contributed by atoms with Crippen LogP contribution in [0.2, 0.25) is 0 Å². The molecule has 0 saturated heterocycles. The lowest BCUT2D eigenvalue weighted by atomic mass is 9.96. The Morgan fingerprint density at radius 1 is 1.50 bits per heavy atom. The Bertz CT molecular complexity index is 458. The third-order valence-electron chi connectivity index (χ3n) is 2.69. The van der Waals surface area contributed by atoms with Crippen LogP contribution in [0, 0.1) is 11.3 Å². The Hall–Kier alpha value is -2.02. The highest BCUT2D eigenvalue weighted by Crippen LogP contribution is 2.28. The van der Waals surface area contributed by atoms with Crippen LogP contribution in [-0.4, -0.2) is 17.2 Å². The number of nitriles is 1. The van der Waals surface area contributed by atoms with Gasteiger partial charge in [-0.15, -0.1) is 0 Å². The third kappa shape index (κ3) is 1.98. The number of rotatable bonds is 3. The predicted octanol–water partition coefficient (Wildman–Crippen LogP) is 2.19. The molecule has 4 nitrogen and oxygen atoms in total. The molecule has 1 aromatic carbocycles. The summed E-state index contributed by atoms with van der Waals surface area (Å²) < 4.78 is 5.55. The van der Waals surface area contributed by atoms with Crippen LogP contribution in [0.5, 0.6) is 5.75 Å². The monoisotopic (exact) mass is 217 g/mol. The lowest BCUT2D eigenvalue weighted by Crippen LogP contribution is -2.25. The van der Waals surface area contributed by atoms with Crippen molar-refractivity contribution < 1.29 is 14.6 Å². The molecule has 0 aliphatic heterocycles. The van der Waals surface area contributed by atoms with Crippen LogP contribution in [0.15, 0.2) is 18.2 Å². The molecule has 0 radical (unpaired) electrons. The molecule has 82 valence electrons. The maximum Gasteiger partial charge on any atom is 0.339 e. The SMILES string of the molecule is N#Cc1ccc(C(=O)O)c(OC2CCC2)c1. The standard InChI is InChI=1S/C12H11NO3/c13-7-8-4-5-10(12(14)15)11(6-8)16-9-2-1-3-9/h4-6,9H,1-3H2,(H,14,15). The van der Waals surface area contributed by atoms with E-state index in [0.717, 1.165) is 19.3 Å². The Balaban J connectivity index is 2.30. The van der Waals surface area contributed by atoms with Crippen molar-refractivity contribution in [1.82, 2.24) is 0 Å². The number of ether oxygens (including phenoxy) is 1. The van der Waals surface area contributed by atoms with E-state index in [1.54, 1.807) is 0 Å². The highest BCUT2D eigenvalue weighted by atomic mass is 16.5. The van der Waals surface area contributed by atoms with Gasteiger partial charge in [-0.2, -0.15) is 5.26 Å². The van der Waals surface area contributed by atoms with Gasteiger partial charge in [0.05, 0.1) is 17.7 Å². The number of carbonyl (C=O) groups is 1. The van der Waals surface area contributed by atoms with E-state index >= 15 is 0 Å². The number of carboxylic acid groups (broad SMARTS) is 1. The minimum atomic E-state index is -1.03. The summed E-state index contributed by atoms with van der Waals surface area (Å²) in [6.07, 6.45) is 3.13. The molecule has 1 N–H and O–H groups in total. The molecule has 0 spiro atoms. The molecule has 1 saturated carbocycles. The van der Waals surface area contributed by atoms with Gasteiger partial charge in [0.1, 0.15) is 11.3 Å². The van der Waals surface area contributed by atoms with Crippen LogP contribution in [0.3, 0.4) is 0 Å². The van der Waals surface area contributed by atoms with Crippen molar-refractivity contribution in [3.63, 3.8) is 0 Å². The van der Waals surface area contributed by atoms with Crippen LogP contribution in [0.4, 0.5) is 0 Å². The van der Waals surface area contributed by atoms with Crippen LogP contribution in [0.1, 0.15) is 35.2 Å². The summed E-state index contributed by atoms with van der Waals surface area (Å²) in [7, 11) is 0. The predicted molar refractivity (Wildman–Crippen MR) is 56.4 cm³/mol. The largest absolute Gasteiger partial charge is 0.489 e.